The lowest BCUT2D eigenvalue weighted by molar-refractivity contribution is -0.121. The number of nitrogens with zero attached hydrogens (tertiary/aromatic N) is 1. The van der Waals surface area contributed by atoms with E-state index in [2.05, 4.69) is 5.32 Å². The molecule has 0 bridgehead atoms. The SMILES string of the molecule is COc1ccc(S(=O)(=O)N(CCc2ccccc2)CC(=O)NCCCOC(C)C)cc1OC. The number of ether oxygens (including phenoxy) is 3. The second-order valence-corrected chi connectivity index (χ2v) is 9.65. The van der Waals surface area contributed by atoms with Gasteiger partial charge in [-0.2, -0.15) is 4.31 Å². The molecular weight excluding hydrogens is 444 g/mol. The highest BCUT2D eigenvalue weighted by Gasteiger charge is 2.27. The lowest BCUT2D eigenvalue weighted by Gasteiger charge is -2.22. The molecule has 2 rings (SSSR count). The Bertz CT molecular complexity index is 980. The van der Waals surface area contributed by atoms with Crippen LogP contribution in [0.25, 0.3) is 0 Å². The number of hydrogen-bond acceptors (Lipinski definition) is 6. The average Bonchev–Trinajstić information content (AvgIpc) is 2.81. The van der Waals surface area contributed by atoms with Crippen LogP contribution in [0.5, 0.6) is 11.5 Å². The normalized spacial score (nSPS) is 11.6. The highest BCUT2D eigenvalue weighted by molar-refractivity contribution is 7.89. The summed E-state index contributed by atoms with van der Waals surface area (Å²) in [6.07, 6.45) is 1.25. The van der Waals surface area contributed by atoms with Crippen molar-refractivity contribution in [1.82, 2.24) is 9.62 Å². The minimum Gasteiger partial charge on any atom is -0.493 e. The van der Waals surface area contributed by atoms with Crippen LogP contribution in [0.4, 0.5) is 0 Å². The van der Waals surface area contributed by atoms with Crippen molar-refractivity contribution in [2.75, 3.05) is 40.5 Å². The van der Waals surface area contributed by atoms with Crippen LogP contribution >= 0.6 is 0 Å². The Balaban J connectivity index is 2.16. The van der Waals surface area contributed by atoms with Gasteiger partial charge in [0.25, 0.3) is 0 Å². The molecule has 2 aromatic rings. The fraction of sp³-hybridized carbons (Fsp3) is 0.458. The minimum absolute atomic E-state index is 0.0337. The summed E-state index contributed by atoms with van der Waals surface area (Å²) in [7, 11) is -1.03. The van der Waals surface area contributed by atoms with E-state index >= 15 is 0 Å². The quantitative estimate of drug-likeness (QED) is 0.420. The fourth-order valence-corrected chi connectivity index (χ4v) is 4.56. The Morgan fingerprint density at radius 3 is 2.36 bits per heavy atom. The maximum absolute atomic E-state index is 13.4. The zero-order valence-electron chi connectivity index (χ0n) is 19.7. The van der Waals surface area contributed by atoms with Gasteiger partial charge in [0.1, 0.15) is 0 Å². The van der Waals surface area contributed by atoms with Crippen LogP contribution in [0.2, 0.25) is 0 Å². The van der Waals surface area contributed by atoms with Crippen molar-refractivity contribution in [3.05, 3.63) is 54.1 Å². The first-order valence-corrected chi connectivity index (χ1v) is 12.4. The second-order valence-electron chi connectivity index (χ2n) is 7.71. The van der Waals surface area contributed by atoms with Gasteiger partial charge in [-0.15, -0.1) is 0 Å². The summed E-state index contributed by atoms with van der Waals surface area (Å²) in [5.41, 5.74) is 0.983. The van der Waals surface area contributed by atoms with Crippen LogP contribution in [0, 0.1) is 0 Å². The molecule has 0 saturated heterocycles. The van der Waals surface area contributed by atoms with Crippen LogP contribution in [-0.4, -0.2) is 65.2 Å². The smallest absolute Gasteiger partial charge is 0.243 e. The van der Waals surface area contributed by atoms with Crippen LogP contribution < -0.4 is 14.8 Å². The van der Waals surface area contributed by atoms with Crippen molar-refractivity contribution in [3.63, 3.8) is 0 Å². The molecule has 8 nitrogen and oxygen atoms in total. The van der Waals surface area contributed by atoms with Gasteiger partial charge in [0.15, 0.2) is 11.5 Å². The molecule has 0 spiro atoms. The summed E-state index contributed by atoms with van der Waals surface area (Å²) in [5, 5.41) is 2.78. The number of methoxy groups -OCH3 is 2. The molecule has 1 N–H and O–H groups in total. The maximum Gasteiger partial charge on any atom is 0.243 e. The van der Waals surface area contributed by atoms with Gasteiger partial charge >= 0.3 is 0 Å². The Morgan fingerprint density at radius 2 is 1.73 bits per heavy atom. The zero-order valence-corrected chi connectivity index (χ0v) is 20.6. The number of amides is 1. The molecule has 9 heteroatoms. The third kappa shape index (κ3) is 8.34. The van der Waals surface area contributed by atoms with Crippen LogP contribution in [-0.2, 0) is 26.0 Å². The molecular formula is C24H34N2O6S. The van der Waals surface area contributed by atoms with E-state index in [4.69, 9.17) is 14.2 Å². The maximum atomic E-state index is 13.4. The average molecular weight is 479 g/mol. The molecule has 0 radical (unpaired) electrons. The molecule has 0 atom stereocenters. The fourth-order valence-electron chi connectivity index (χ4n) is 3.14. The second kappa shape index (κ2) is 13.2. The monoisotopic (exact) mass is 478 g/mol. The van der Waals surface area contributed by atoms with Crippen molar-refractivity contribution in [2.24, 2.45) is 0 Å². The third-order valence-electron chi connectivity index (χ3n) is 4.90. The van der Waals surface area contributed by atoms with E-state index in [0.29, 0.717) is 37.5 Å². The van der Waals surface area contributed by atoms with E-state index in [0.717, 1.165) is 5.56 Å². The Kier molecular flexibility index (Phi) is 10.6. The van der Waals surface area contributed by atoms with Crippen molar-refractivity contribution in [1.29, 1.82) is 0 Å². The van der Waals surface area contributed by atoms with Gasteiger partial charge in [-0.3, -0.25) is 4.79 Å². The van der Waals surface area contributed by atoms with Gasteiger partial charge in [0.05, 0.1) is 31.8 Å². The van der Waals surface area contributed by atoms with Crippen molar-refractivity contribution < 1.29 is 27.4 Å². The van der Waals surface area contributed by atoms with Crippen molar-refractivity contribution in [3.8, 4) is 11.5 Å². The first-order valence-electron chi connectivity index (χ1n) is 10.9. The van der Waals surface area contributed by atoms with Gasteiger partial charge in [-0.25, -0.2) is 8.42 Å². The first kappa shape index (κ1) is 26.6. The molecule has 0 fully saturated rings. The predicted molar refractivity (Wildman–Crippen MR) is 127 cm³/mol. The van der Waals surface area contributed by atoms with Crippen molar-refractivity contribution >= 4 is 15.9 Å². The van der Waals surface area contributed by atoms with E-state index in [1.807, 2.05) is 44.2 Å². The summed E-state index contributed by atoms with van der Waals surface area (Å²) in [6.45, 7) is 4.71. The zero-order chi connectivity index (χ0) is 24.3. The van der Waals surface area contributed by atoms with Gasteiger partial charge in [-0.05, 0) is 44.4 Å². The summed E-state index contributed by atoms with van der Waals surface area (Å²) < 4.78 is 44.0. The van der Waals surface area contributed by atoms with Gasteiger partial charge in [0.2, 0.25) is 15.9 Å². The Labute approximate surface area is 196 Å². The predicted octanol–water partition coefficient (Wildman–Crippen LogP) is 2.87. The van der Waals surface area contributed by atoms with Crippen LogP contribution in [0.15, 0.2) is 53.4 Å². The van der Waals surface area contributed by atoms with E-state index < -0.39 is 10.0 Å². The summed E-state index contributed by atoms with van der Waals surface area (Å²) in [5.74, 6) is 0.362. The van der Waals surface area contributed by atoms with Gasteiger partial charge in [0, 0.05) is 25.8 Å². The molecule has 0 aliphatic heterocycles. The first-order chi connectivity index (χ1) is 15.8. The number of nitrogens with one attached hydrogen (secondary N) is 1. The summed E-state index contributed by atoms with van der Waals surface area (Å²) in [4.78, 5) is 12.6. The Morgan fingerprint density at radius 1 is 1.03 bits per heavy atom. The number of sulfonamides is 1. The highest BCUT2D eigenvalue weighted by Crippen LogP contribution is 2.30. The molecule has 33 heavy (non-hydrogen) atoms. The number of carbonyl (C=O) groups is 1. The molecule has 0 unspecified atom stereocenters. The number of benzene rings is 2. The largest absolute Gasteiger partial charge is 0.493 e. The van der Waals surface area contributed by atoms with E-state index in [1.54, 1.807) is 0 Å². The summed E-state index contributed by atoms with van der Waals surface area (Å²) in [6, 6.07) is 13.9. The Hall–Kier alpha value is -2.62. The lowest BCUT2D eigenvalue weighted by Crippen LogP contribution is -2.42. The molecule has 0 saturated carbocycles. The number of carbonyl (C=O) groups excluding carboxylic acids is 1. The van der Waals surface area contributed by atoms with E-state index in [-0.39, 0.29) is 30.0 Å². The standard InChI is InChI=1S/C24H34N2O6S/c1-19(2)32-16-8-14-25-24(27)18-26(15-13-20-9-6-5-7-10-20)33(28,29)21-11-12-22(30-3)23(17-21)31-4/h5-7,9-12,17,19H,8,13-16,18H2,1-4H3,(H,25,27). The lowest BCUT2D eigenvalue weighted by atomic mass is 10.1. The molecule has 0 aliphatic carbocycles. The van der Waals surface area contributed by atoms with Crippen molar-refractivity contribution in [2.45, 2.75) is 37.7 Å². The highest BCUT2D eigenvalue weighted by atomic mass is 32.2. The van der Waals surface area contributed by atoms with Gasteiger partial charge < -0.3 is 19.5 Å². The molecule has 0 aliphatic rings. The van der Waals surface area contributed by atoms with E-state index in [9.17, 15) is 13.2 Å². The van der Waals surface area contributed by atoms with Gasteiger partial charge in [-0.1, -0.05) is 30.3 Å². The summed E-state index contributed by atoms with van der Waals surface area (Å²) >= 11 is 0. The van der Waals surface area contributed by atoms with E-state index in [1.165, 1.54) is 36.7 Å². The van der Waals surface area contributed by atoms with Crippen LogP contribution in [0.3, 0.4) is 0 Å². The molecule has 1 amide bonds. The molecule has 182 valence electrons. The third-order valence-corrected chi connectivity index (χ3v) is 6.74. The minimum atomic E-state index is -3.96. The topological polar surface area (TPSA) is 94.2 Å². The number of rotatable bonds is 14. The van der Waals surface area contributed by atoms with Crippen LogP contribution in [0.1, 0.15) is 25.8 Å². The molecule has 0 aromatic heterocycles. The molecule has 0 heterocycles. The number of hydrogen-bond donors (Lipinski definition) is 1. The molecule has 2 aromatic carbocycles.